The summed E-state index contributed by atoms with van der Waals surface area (Å²) in [5.74, 6) is -0.213. The lowest BCUT2D eigenvalue weighted by atomic mass is 9.88. The van der Waals surface area contributed by atoms with Gasteiger partial charge in [0.15, 0.2) is 0 Å². The van der Waals surface area contributed by atoms with Crippen molar-refractivity contribution in [1.82, 2.24) is 0 Å². The number of nitriles is 1. The van der Waals surface area contributed by atoms with Crippen molar-refractivity contribution >= 4 is 5.71 Å². The molecule has 0 N–H and O–H groups in total. The average molecular weight is 507 g/mol. The molecule has 188 valence electrons. The first-order valence-corrected chi connectivity index (χ1v) is 12.5. The van der Waals surface area contributed by atoms with Gasteiger partial charge in [0, 0.05) is 34.6 Å². The summed E-state index contributed by atoms with van der Waals surface area (Å²) in [6, 6.07) is 27.1. The summed E-state index contributed by atoms with van der Waals surface area (Å²) in [7, 11) is 0. The Morgan fingerprint density at radius 2 is 1.58 bits per heavy atom. The first kappa shape index (κ1) is 24.0. The smallest absolute Gasteiger partial charge is 0.141 e. The van der Waals surface area contributed by atoms with Crippen molar-refractivity contribution in [2.24, 2.45) is 4.99 Å². The number of hydrogen-bond acceptors (Lipinski definition) is 4. The van der Waals surface area contributed by atoms with Gasteiger partial charge in [-0.2, -0.15) is 5.26 Å². The lowest BCUT2D eigenvalue weighted by Gasteiger charge is -2.29. The van der Waals surface area contributed by atoms with Crippen LogP contribution in [0.1, 0.15) is 33.7 Å². The summed E-state index contributed by atoms with van der Waals surface area (Å²) in [4.78, 5) is 4.77. The first-order chi connectivity index (χ1) is 18.6. The number of halogens is 2. The van der Waals surface area contributed by atoms with Crippen LogP contribution in [0, 0.1) is 23.0 Å². The Bertz CT molecular complexity index is 1520. The zero-order valence-electron chi connectivity index (χ0n) is 20.5. The van der Waals surface area contributed by atoms with Gasteiger partial charge in [-0.15, -0.1) is 0 Å². The molecule has 1 atom stereocenters. The number of aliphatic imine (C=N–C) groups is 1. The molecule has 0 spiro atoms. The summed E-state index contributed by atoms with van der Waals surface area (Å²) in [6.07, 6.45) is 0.0864. The van der Waals surface area contributed by atoms with Crippen LogP contribution in [0.15, 0.2) is 89.9 Å². The van der Waals surface area contributed by atoms with Crippen molar-refractivity contribution < 1.29 is 18.3 Å². The van der Waals surface area contributed by atoms with Crippen molar-refractivity contribution in [2.75, 3.05) is 13.2 Å². The molecule has 1 fully saturated rings. The Labute approximate surface area is 219 Å². The number of nitrogens with zero attached hydrogens (tertiary/aromatic N) is 2. The fourth-order valence-electron chi connectivity index (χ4n) is 4.96. The van der Waals surface area contributed by atoms with E-state index in [9.17, 15) is 9.65 Å². The Balaban J connectivity index is 1.34. The van der Waals surface area contributed by atoms with E-state index in [0.29, 0.717) is 46.9 Å². The van der Waals surface area contributed by atoms with Crippen LogP contribution in [0.4, 0.5) is 8.78 Å². The maximum Gasteiger partial charge on any atom is 0.141 e. The van der Waals surface area contributed by atoms with E-state index >= 15 is 4.39 Å². The van der Waals surface area contributed by atoms with Crippen LogP contribution >= 0.6 is 0 Å². The fraction of sp³-hybridized carbons (Fsp3) is 0.188. The highest BCUT2D eigenvalue weighted by Crippen LogP contribution is 2.42. The Kier molecular flexibility index (Phi) is 6.45. The van der Waals surface area contributed by atoms with Crippen LogP contribution in [0.5, 0.6) is 5.75 Å². The molecule has 4 aromatic carbocycles. The molecule has 6 heteroatoms. The molecule has 0 radical (unpaired) electrons. The van der Waals surface area contributed by atoms with Crippen LogP contribution in [-0.4, -0.2) is 25.0 Å². The number of hydrogen-bond donors (Lipinski definition) is 0. The van der Waals surface area contributed by atoms with Crippen LogP contribution in [0.2, 0.25) is 0 Å². The van der Waals surface area contributed by atoms with Gasteiger partial charge in [-0.25, -0.2) is 8.78 Å². The van der Waals surface area contributed by atoms with Crippen LogP contribution in [0.3, 0.4) is 0 Å². The van der Waals surface area contributed by atoms with Gasteiger partial charge in [-0.1, -0.05) is 60.7 Å². The van der Waals surface area contributed by atoms with Gasteiger partial charge in [0.2, 0.25) is 0 Å². The molecule has 0 amide bonds. The van der Waals surface area contributed by atoms with Crippen LogP contribution < -0.4 is 4.74 Å². The van der Waals surface area contributed by atoms with Crippen molar-refractivity contribution in [2.45, 2.75) is 25.0 Å². The molecule has 1 saturated heterocycles. The summed E-state index contributed by atoms with van der Waals surface area (Å²) in [5, 5.41) is 9.97. The highest BCUT2D eigenvalue weighted by molar-refractivity contribution is 6.13. The SMILES string of the molecule is N#CC(Cc1cc2c(cc1F)-c1cc(C3COC3)c(F)cc1CO2)N=C(c1ccccc1)c1ccccc1. The van der Waals surface area contributed by atoms with Gasteiger partial charge in [0.05, 0.1) is 25.0 Å². The zero-order chi connectivity index (χ0) is 26.1. The normalized spacial score (nSPS) is 14.8. The maximum atomic E-state index is 15.5. The van der Waals surface area contributed by atoms with E-state index in [-0.39, 0.29) is 24.8 Å². The minimum atomic E-state index is -0.812. The van der Waals surface area contributed by atoms with E-state index in [4.69, 9.17) is 14.5 Å². The summed E-state index contributed by atoms with van der Waals surface area (Å²) < 4.78 is 41.3. The van der Waals surface area contributed by atoms with Crippen molar-refractivity contribution in [3.05, 3.63) is 124 Å². The zero-order valence-corrected chi connectivity index (χ0v) is 20.5. The topological polar surface area (TPSA) is 54.6 Å². The molecular weight excluding hydrogens is 482 g/mol. The number of ether oxygens (including phenoxy) is 2. The first-order valence-electron chi connectivity index (χ1n) is 12.5. The van der Waals surface area contributed by atoms with E-state index < -0.39 is 11.9 Å². The fourth-order valence-corrected chi connectivity index (χ4v) is 4.96. The van der Waals surface area contributed by atoms with Gasteiger partial charge >= 0.3 is 0 Å². The Hall–Kier alpha value is -4.34. The molecule has 4 aromatic rings. The molecule has 0 bridgehead atoms. The highest BCUT2D eigenvalue weighted by atomic mass is 19.1. The summed E-state index contributed by atoms with van der Waals surface area (Å²) in [5.41, 5.74) is 5.40. The molecule has 2 aliphatic heterocycles. The van der Waals surface area contributed by atoms with Gasteiger partial charge in [0.25, 0.3) is 0 Å². The molecule has 2 heterocycles. The van der Waals surface area contributed by atoms with Crippen LogP contribution in [0.25, 0.3) is 11.1 Å². The summed E-state index contributed by atoms with van der Waals surface area (Å²) in [6.45, 7) is 1.16. The third-order valence-electron chi connectivity index (χ3n) is 7.06. The van der Waals surface area contributed by atoms with E-state index in [2.05, 4.69) is 6.07 Å². The van der Waals surface area contributed by atoms with Crippen molar-refractivity contribution in [1.29, 1.82) is 5.26 Å². The second-order valence-electron chi connectivity index (χ2n) is 9.55. The third-order valence-corrected chi connectivity index (χ3v) is 7.06. The minimum absolute atomic E-state index is 0.00777. The standard InChI is InChI=1S/C32H24F2N2O2/c33-29-15-28-26-14-27(24-17-37-18-24)30(34)12-23(26)19-38-31(28)13-22(29)11-25(16-35)36-32(20-7-3-1-4-8-20)21-9-5-2-6-10-21/h1-10,12-15,24-25H,11,17-19H2. The lowest BCUT2D eigenvalue weighted by molar-refractivity contribution is 0.00703. The lowest BCUT2D eigenvalue weighted by Crippen LogP contribution is -2.26. The van der Waals surface area contributed by atoms with E-state index in [0.717, 1.165) is 16.7 Å². The van der Waals surface area contributed by atoms with Gasteiger partial charge < -0.3 is 9.47 Å². The molecule has 6 rings (SSSR count). The number of fused-ring (bicyclic) bond motifs is 3. The second-order valence-corrected chi connectivity index (χ2v) is 9.55. The molecular formula is C32H24F2N2O2. The summed E-state index contributed by atoms with van der Waals surface area (Å²) >= 11 is 0. The maximum absolute atomic E-state index is 15.5. The number of rotatable bonds is 6. The monoisotopic (exact) mass is 506 g/mol. The Morgan fingerprint density at radius 3 is 2.18 bits per heavy atom. The number of benzene rings is 4. The van der Waals surface area contributed by atoms with Gasteiger partial charge in [0.1, 0.15) is 30.0 Å². The van der Waals surface area contributed by atoms with Crippen molar-refractivity contribution in [3.63, 3.8) is 0 Å². The molecule has 2 aliphatic rings. The molecule has 0 saturated carbocycles. The largest absolute Gasteiger partial charge is 0.488 e. The minimum Gasteiger partial charge on any atom is -0.488 e. The highest BCUT2D eigenvalue weighted by Gasteiger charge is 2.28. The van der Waals surface area contributed by atoms with E-state index in [1.807, 2.05) is 60.7 Å². The van der Waals surface area contributed by atoms with Gasteiger partial charge in [-0.05, 0) is 41.0 Å². The predicted molar refractivity (Wildman–Crippen MR) is 141 cm³/mol. The van der Waals surface area contributed by atoms with Gasteiger partial charge in [-0.3, -0.25) is 4.99 Å². The molecule has 38 heavy (non-hydrogen) atoms. The van der Waals surface area contributed by atoms with Crippen LogP contribution in [-0.2, 0) is 17.8 Å². The quantitative estimate of drug-likeness (QED) is 0.277. The molecule has 4 nitrogen and oxygen atoms in total. The Morgan fingerprint density at radius 1 is 0.895 bits per heavy atom. The molecule has 0 aromatic heterocycles. The van der Waals surface area contributed by atoms with Crippen molar-refractivity contribution in [3.8, 4) is 22.9 Å². The third kappa shape index (κ3) is 4.57. The molecule has 0 aliphatic carbocycles. The van der Waals surface area contributed by atoms with E-state index in [1.165, 1.54) is 12.1 Å². The van der Waals surface area contributed by atoms with E-state index in [1.54, 1.807) is 12.1 Å². The predicted octanol–water partition coefficient (Wildman–Crippen LogP) is 6.61. The molecule has 1 unspecified atom stereocenters. The second kappa shape index (κ2) is 10.2. The average Bonchev–Trinajstić information content (AvgIpc) is 2.92.